The lowest BCUT2D eigenvalue weighted by molar-refractivity contribution is -0.154. The van der Waals surface area contributed by atoms with E-state index in [2.05, 4.69) is 36.4 Å². The number of benzene rings is 2. The number of hydrogen-bond donors (Lipinski definition) is 0. The van der Waals surface area contributed by atoms with Crippen LogP contribution < -0.4 is 0 Å². The van der Waals surface area contributed by atoms with Crippen molar-refractivity contribution in [3.05, 3.63) is 48.0 Å². The predicted octanol–water partition coefficient (Wildman–Crippen LogP) is 3.91. The summed E-state index contributed by atoms with van der Waals surface area (Å²) in [4.78, 5) is 0. The third kappa shape index (κ3) is 7.03. The van der Waals surface area contributed by atoms with Crippen molar-refractivity contribution >= 4 is 20.9 Å². The van der Waals surface area contributed by atoms with Gasteiger partial charge in [-0.3, -0.25) is 4.18 Å². The highest BCUT2D eigenvalue weighted by atomic mass is 32.2. The summed E-state index contributed by atoms with van der Waals surface area (Å²) in [5.41, 5.74) is 1.32. The molecule has 0 radical (unpaired) electrons. The molecular formula is C20H28O5S. The van der Waals surface area contributed by atoms with E-state index < -0.39 is 16.2 Å². The average Bonchev–Trinajstić information content (AvgIpc) is 2.59. The maximum Gasteiger partial charge on any atom is 0.264 e. The molecular weight excluding hydrogens is 352 g/mol. The summed E-state index contributed by atoms with van der Waals surface area (Å²) in [5, 5.41) is 2.53. The summed E-state index contributed by atoms with van der Waals surface area (Å²) in [6, 6.07) is 14.7. The van der Waals surface area contributed by atoms with Crippen molar-refractivity contribution in [2.45, 2.75) is 45.5 Å². The molecule has 2 aromatic carbocycles. The van der Waals surface area contributed by atoms with Gasteiger partial charge in [0.1, 0.15) is 0 Å². The molecule has 0 bridgehead atoms. The minimum absolute atomic E-state index is 0.175. The minimum Gasteiger partial charge on any atom is -0.353 e. The topological polar surface area (TPSA) is 61.8 Å². The van der Waals surface area contributed by atoms with Crippen LogP contribution in [0, 0.1) is 0 Å². The van der Waals surface area contributed by atoms with Crippen LogP contribution in [0.5, 0.6) is 0 Å². The highest BCUT2D eigenvalue weighted by molar-refractivity contribution is 7.86. The molecule has 0 heterocycles. The van der Waals surface area contributed by atoms with Crippen LogP contribution >= 0.6 is 0 Å². The molecule has 2 aromatic rings. The third-order valence-corrected chi connectivity index (χ3v) is 4.64. The van der Waals surface area contributed by atoms with Crippen molar-refractivity contribution in [3.63, 3.8) is 0 Å². The Kier molecular flexibility index (Phi) is 8.03. The summed E-state index contributed by atoms with van der Waals surface area (Å²) >= 11 is 0. The van der Waals surface area contributed by atoms with Crippen LogP contribution in [0.4, 0.5) is 0 Å². The monoisotopic (exact) mass is 380 g/mol. The molecule has 0 spiro atoms. The first-order valence-corrected chi connectivity index (χ1v) is 10.8. The van der Waals surface area contributed by atoms with Crippen molar-refractivity contribution < 1.29 is 22.1 Å². The van der Waals surface area contributed by atoms with Crippen LogP contribution in [-0.2, 0) is 30.2 Å². The Morgan fingerprint density at radius 2 is 1.77 bits per heavy atom. The molecule has 0 aliphatic heterocycles. The fourth-order valence-corrected chi connectivity index (χ4v) is 3.49. The van der Waals surface area contributed by atoms with Gasteiger partial charge in [-0.2, -0.15) is 8.42 Å². The van der Waals surface area contributed by atoms with E-state index in [1.807, 2.05) is 13.0 Å². The van der Waals surface area contributed by atoms with Crippen LogP contribution in [0.3, 0.4) is 0 Å². The lowest BCUT2D eigenvalue weighted by Crippen LogP contribution is -2.25. The lowest BCUT2D eigenvalue weighted by Gasteiger charge is -2.19. The number of aryl methyl sites for hydroxylation is 1. The molecule has 2 atom stereocenters. The van der Waals surface area contributed by atoms with Gasteiger partial charge in [0, 0.05) is 0 Å². The molecule has 6 heteroatoms. The number of rotatable bonds is 11. The zero-order valence-corrected chi connectivity index (χ0v) is 16.5. The van der Waals surface area contributed by atoms with E-state index >= 15 is 0 Å². The second-order valence-electron chi connectivity index (χ2n) is 6.39. The van der Waals surface area contributed by atoms with Gasteiger partial charge in [-0.25, -0.2) is 0 Å². The molecule has 0 fully saturated rings. The summed E-state index contributed by atoms with van der Waals surface area (Å²) in [6.45, 7) is 4.39. The third-order valence-electron chi connectivity index (χ3n) is 3.96. The van der Waals surface area contributed by atoms with Gasteiger partial charge in [0.2, 0.25) is 0 Å². The maximum atomic E-state index is 11.1. The van der Waals surface area contributed by atoms with Crippen LogP contribution in [-0.4, -0.2) is 40.3 Å². The van der Waals surface area contributed by atoms with Crippen molar-refractivity contribution in [2.24, 2.45) is 0 Å². The standard InChI is InChI=1S/C20H28O5S/c1-4-20(24-15-16(2)25-26(3,21)22)23-14-8-12-18-11-7-10-17-9-5-6-13-19(17)18/h5-7,9-11,13,16,20H,4,8,12,14-15H2,1-3H3/t16?,20-/m0/s1. The van der Waals surface area contributed by atoms with E-state index in [-0.39, 0.29) is 12.9 Å². The van der Waals surface area contributed by atoms with Crippen LogP contribution in [0.15, 0.2) is 42.5 Å². The zero-order valence-electron chi connectivity index (χ0n) is 15.7. The Balaban J connectivity index is 1.75. The van der Waals surface area contributed by atoms with Crippen LogP contribution in [0.2, 0.25) is 0 Å². The van der Waals surface area contributed by atoms with Gasteiger partial charge in [-0.05, 0) is 42.5 Å². The summed E-state index contributed by atoms with van der Waals surface area (Å²) in [7, 11) is -3.47. The van der Waals surface area contributed by atoms with Gasteiger partial charge in [-0.15, -0.1) is 0 Å². The molecule has 26 heavy (non-hydrogen) atoms. The van der Waals surface area contributed by atoms with Crippen LogP contribution in [0.25, 0.3) is 10.8 Å². The molecule has 0 aliphatic rings. The maximum absolute atomic E-state index is 11.1. The Bertz CT molecular complexity index is 782. The van der Waals surface area contributed by atoms with E-state index in [0.717, 1.165) is 19.1 Å². The van der Waals surface area contributed by atoms with Crippen molar-refractivity contribution in [1.29, 1.82) is 0 Å². The summed E-state index contributed by atoms with van der Waals surface area (Å²) in [5.74, 6) is 0. The van der Waals surface area contributed by atoms with Crippen molar-refractivity contribution in [1.82, 2.24) is 0 Å². The first kappa shape index (κ1) is 20.8. The highest BCUT2D eigenvalue weighted by Gasteiger charge is 2.14. The molecule has 0 saturated heterocycles. The number of hydrogen-bond acceptors (Lipinski definition) is 5. The zero-order chi connectivity index (χ0) is 19.0. The Morgan fingerprint density at radius 1 is 1.04 bits per heavy atom. The van der Waals surface area contributed by atoms with Crippen LogP contribution in [0.1, 0.15) is 32.3 Å². The van der Waals surface area contributed by atoms with Gasteiger partial charge in [0.05, 0.1) is 25.6 Å². The molecule has 2 rings (SSSR count). The minimum atomic E-state index is -3.47. The molecule has 1 unspecified atom stereocenters. The van der Waals surface area contributed by atoms with Gasteiger partial charge < -0.3 is 9.47 Å². The van der Waals surface area contributed by atoms with Gasteiger partial charge >= 0.3 is 0 Å². The van der Waals surface area contributed by atoms with E-state index in [1.165, 1.54) is 16.3 Å². The fourth-order valence-electron chi connectivity index (χ4n) is 2.84. The first-order chi connectivity index (χ1) is 12.4. The van der Waals surface area contributed by atoms with E-state index in [0.29, 0.717) is 13.0 Å². The number of fused-ring (bicyclic) bond motifs is 1. The van der Waals surface area contributed by atoms with Crippen molar-refractivity contribution in [3.8, 4) is 0 Å². The Labute approximate surface area is 156 Å². The molecule has 0 N–H and O–H groups in total. The summed E-state index contributed by atoms with van der Waals surface area (Å²) in [6.07, 6.45) is 2.67. The van der Waals surface area contributed by atoms with Crippen molar-refractivity contribution in [2.75, 3.05) is 19.5 Å². The number of ether oxygens (including phenoxy) is 2. The van der Waals surface area contributed by atoms with E-state index in [9.17, 15) is 8.42 Å². The molecule has 144 valence electrons. The van der Waals surface area contributed by atoms with E-state index in [4.69, 9.17) is 13.7 Å². The largest absolute Gasteiger partial charge is 0.353 e. The molecule has 0 saturated carbocycles. The molecule has 0 aromatic heterocycles. The second-order valence-corrected chi connectivity index (χ2v) is 8.00. The smallest absolute Gasteiger partial charge is 0.264 e. The average molecular weight is 381 g/mol. The van der Waals surface area contributed by atoms with E-state index in [1.54, 1.807) is 6.92 Å². The van der Waals surface area contributed by atoms with Gasteiger partial charge in [0.15, 0.2) is 6.29 Å². The molecule has 0 aliphatic carbocycles. The quantitative estimate of drug-likeness (QED) is 0.336. The highest BCUT2D eigenvalue weighted by Crippen LogP contribution is 2.19. The second kappa shape index (κ2) is 10.0. The Morgan fingerprint density at radius 3 is 2.50 bits per heavy atom. The fraction of sp³-hybridized carbons (Fsp3) is 0.500. The molecule has 0 amide bonds. The normalized spacial score (nSPS) is 14.4. The lowest BCUT2D eigenvalue weighted by atomic mass is 10.0. The molecule has 5 nitrogen and oxygen atoms in total. The first-order valence-electron chi connectivity index (χ1n) is 8.97. The predicted molar refractivity (Wildman–Crippen MR) is 104 cm³/mol. The summed E-state index contributed by atoms with van der Waals surface area (Å²) < 4.78 is 38.4. The Hall–Kier alpha value is -1.47. The SMILES string of the molecule is CC[C@@H](OCCCc1cccc2ccccc12)OCC(C)OS(C)(=O)=O. The van der Waals surface area contributed by atoms with Gasteiger partial charge in [0.25, 0.3) is 10.1 Å². The van der Waals surface area contributed by atoms with Gasteiger partial charge in [-0.1, -0.05) is 49.4 Å².